The van der Waals surface area contributed by atoms with E-state index in [1.807, 2.05) is 6.92 Å². The van der Waals surface area contributed by atoms with E-state index in [2.05, 4.69) is 17.2 Å². The van der Waals surface area contributed by atoms with Gasteiger partial charge in [-0.05, 0) is 38.2 Å². The zero-order chi connectivity index (χ0) is 31.6. The van der Waals surface area contributed by atoms with E-state index in [0.29, 0.717) is 12.0 Å². The van der Waals surface area contributed by atoms with E-state index in [-0.39, 0.29) is 41.4 Å². The van der Waals surface area contributed by atoms with Gasteiger partial charge in [0, 0.05) is 43.9 Å². The highest BCUT2D eigenvalue weighted by molar-refractivity contribution is 6.23. The lowest BCUT2D eigenvalue weighted by atomic mass is 9.85. The summed E-state index contributed by atoms with van der Waals surface area (Å²) in [6.07, 6.45) is 5.34. The van der Waals surface area contributed by atoms with E-state index in [4.69, 9.17) is 19.9 Å². The number of ketones is 2. The number of carbonyl (C=O) groups excluding carboxylic acids is 4. The van der Waals surface area contributed by atoms with Gasteiger partial charge in [-0.25, -0.2) is 4.79 Å². The highest BCUT2D eigenvalue weighted by atomic mass is 16.6. The number of methoxy groups -OCH3 is 2. The topological polar surface area (TPSA) is 166 Å². The summed E-state index contributed by atoms with van der Waals surface area (Å²) in [6.45, 7) is 10.9. The van der Waals surface area contributed by atoms with Gasteiger partial charge in [-0.1, -0.05) is 44.2 Å². The van der Waals surface area contributed by atoms with Crippen molar-refractivity contribution in [2.24, 2.45) is 17.6 Å². The first-order valence-electron chi connectivity index (χ1n) is 13.8. The number of fused-ring (bicyclic) bond motifs is 2. The fraction of sp³-hybridized carbons (Fsp3) is 0.484. The normalized spacial score (nSPS) is 31.6. The SMILES string of the molecule is C=CCNC1=C2C[C@@H](C)C[C@@H](OC)[C@@H](O)[C@H](C)/C=C(\C)[C@@H](OC(N)=O)[C@@H](OC)/C=C\C=C(/C)C(=O)NC(=CC1=O)C2=O. The molecular weight excluding hydrogens is 542 g/mol. The molecule has 6 atom stereocenters. The molecule has 0 radical (unpaired) electrons. The molecule has 1 aliphatic carbocycles. The Kier molecular flexibility index (Phi) is 13.1. The molecule has 0 saturated carbocycles. The summed E-state index contributed by atoms with van der Waals surface area (Å²) in [5, 5.41) is 16.7. The highest BCUT2D eigenvalue weighted by Gasteiger charge is 2.33. The first kappa shape index (κ1) is 34.4. The number of allylic oxidation sites excluding steroid dienone is 4. The van der Waals surface area contributed by atoms with Gasteiger partial charge in [-0.3, -0.25) is 14.4 Å². The minimum Gasteiger partial charge on any atom is -0.439 e. The van der Waals surface area contributed by atoms with Crippen molar-refractivity contribution in [3.05, 3.63) is 71.1 Å². The summed E-state index contributed by atoms with van der Waals surface area (Å²) in [5.74, 6) is -2.14. The zero-order valence-corrected chi connectivity index (χ0v) is 25.1. The van der Waals surface area contributed by atoms with Crippen LogP contribution < -0.4 is 16.4 Å². The van der Waals surface area contributed by atoms with Crippen LogP contribution in [0.2, 0.25) is 0 Å². The lowest BCUT2D eigenvalue weighted by molar-refractivity contribution is -0.120. The molecule has 0 fully saturated rings. The summed E-state index contributed by atoms with van der Waals surface area (Å²) in [6, 6.07) is 0. The van der Waals surface area contributed by atoms with Gasteiger partial charge in [-0.15, -0.1) is 6.58 Å². The number of nitrogens with two attached hydrogens (primary N) is 1. The number of amides is 2. The molecule has 2 rings (SSSR count). The van der Waals surface area contributed by atoms with Gasteiger partial charge < -0.3 is 35.7 Å². The predicted molar refractivity (Wildman–Crippen MR) is 158 cm³/mol. The first-order chi connectivity index (χ1) is 19.8. The van der Waals surface area contributed by atoms with E-state index in [9.17, 15) is 24.3 Å². The minimum atomic E-state index is -1.00. The largest absolute Gasteiger partial charge is 0.439 e. The summed E-state index contributed by atoms with van der Waals surface area (Å²) >= 11 is 0. The number of carbonyl (C=O) groups is 4. The van der Waals surface area contributed by atoms with Crippen molar-refractivity contribution in [1.29, 1.82) is 0 Å². The van der Waals surface area contributed by atoms with Crippen LogP contribution in [0.4, 0.5) is 4.79 Å². The number of primary amides is 1. The predicted octanol–water partition coefficient (Wildman–Crippen LogP) is 2.54. The van der Waals surface area contributed by atoms with E-state index >= 15 is 0 Å². The molecule has 0 spiro atoms. The van der Waals surface area contributed by atoms with Crippen molar-refractivity contribution >= 4 is 23.6 Å². The Bertz CT molecular complexity index is 1210. The van der Waals surface area contributed by atoms with Crippen molar-refractivity contribution in [3.8, 4) is 0 Å². The van der Waals surface area contributed by atoms with Crippen LogP contribution in [0.1, 0.15) is 40.5 Å². The molecule has 5 N–H and O–H groups in total. The molecule has 42 heavy (non-hydrogen) atoms. The maximum Gasteiger partial charge on any atom is 0.405 e. The molecule has 2 bridgehead atoms. The molecule has 230 valence electrons. The van der Waals surface area contributed by atoms with E-state index in [0.717, 1.165) is 6.08 Å². The molecule has 0 aromatic rings. The summed E-state index contributed by atoms with van der Waals surface area (Å²) in [4.78, 5) is 51.3. The van der Waals surface area contributed by atoms with Gasteiger partial charge in [0.15, 0.2) is 6.10 Å². The second kappa shape index (κ2) is 16.0. The molecule has 11 heteroatoms. The molecule has 0 saturated heterocycles. The van der Waals surface area contributed by atoms with Crippen LogP contribution in [0.3, 0.4) is 0 Å². The number of hydrogen-bond acceptors (Lipinski definition) is 9. The fourth-order valence-electron chi connectivity index (χ4n) is 4.95. The Morgan fingerprint density at radius 1 is 1.21 bits per heavy atom. The zero-order valence-electron chi connectivity index (χ0n) is 25.1. The maximum absolute atomic E-state index is 13.5. The molecule has 11 nitrogen and oxygen atoms in total. The summed E-state index contributed by atoms with van der Waals surface area (Å²) in [5.41, 5.74) is 6.42. The van der Waals surface area contributed by atoms with E-state index < -0.39 is 53.9 Å². The number of nitrogens with one attached hydrogen (secondary N) is 2. The van der Waals surface area contributed by atoms with Crippen molar-refractivity contribution in [2.45, 2.75) is 65.0 Å². The number of aliphatic hydroxyl groups is 1. The molecule has 0 unspecified atom stereocenters. The Morgan fingerprint density at radius 2 is 1.90 bits per heavy atom. The Balaban J connectivity index is 2.62. The molecule has 1 aliphatic heterocycles. The van der Waals surface area contributed by atoms with Gasteiger partial charge in [0.05, 0.1) is 23.6 Å². The maximum atomic E-state index is 13.5. The Hall–Kier alpha value is -3.80. The molecule has 2 amide bonds. The number of ether oxygens (including phenoxy) is 3. The van der Waals surface area contributed by atoms with Gasteiger partial charge in [0.1, 0.15) is 6.10 Å². The van der Waals surface area contributed by atoms with Crippen LogP contribution in [0.5, 0.6) is 0 Å². The second-order valence-corrected chi connectivity index (χ2v) is 10.6. The van der Waals surface area contributed by atoms with Crippen molar-refractivity contribution in [1.82, 2.24) is 10.6 Å². The summed E-state index contributed by atoms with van der Waals surface area (Å²) in [7, 11) is 2.92. The van der Waals surface area contributed by atoms with Crippen LogP contribution >= 0.6 is 0 Å². The number of rotatable bonds is 6. The van der Waals surface area contributed by atoms with Crippen molar-refractivity contribution < 1.29 is 38.5 Å². The van der Waals surface area contributed by atoms with Crippen molar-refractivity contribution in [2.75, 3.05) is 20.8 Å². The number of Topliss-reactive ketones (excluding diaryl/α,β-unsaturated/α-hetero) is 1. The van der Waals surface area contributed by atoms with Crippen LogP contribution in [-0.4, -0.2) is 73.9 Å². The highest BCUT2D eigenvalue weighted by Crippen LogP contribution is 2.28. The molecule has 0 aromatic heterocycles. The molecular formula is C31H43N3O8. The van der Waals surface area contributed by atoms with Crippen molar-refractivity contribution in [3.63, 3.8) is 0 Å². The van der Waals surface area contributed by atoms with E-state index in [1.54, 1.807) is 45.1 Å². The second-order valence-electron chi connectivity index (χ2n) is 10.6. The lowest BCUT2D eigenvalue weighted by Crippen LogP contribution is -2.37. The van der Waals surface area contributed by atoms with Crippen LogP contribution in [0.15, 0.2) is 71.1 Å². The van der Waals surface area contributed by atoms with Crippen LogP contribution in [0, 0.1) is 11.8 Å². The third kappa shape index (κ3) is 9.10. The average molecular weight is 586 g/mol. The van der Waals surface area contributed by atoms with Crippen LogP contribution in [-0.2, 0) is 28.6 Å². The van der Waals surface area contributed by atoms with Gasteiger partial charge in [0.25, 0.3) is 5.91 Å². The van der Waals surface area contributed by atoms with E-state index in [1.165, 1.54) is 20.3 Å². The minimum absolute atomic E-state index is 0.132. The van der Waals surface area contributed by atoms with Crippen LogP contribution in [0.25, 0.3) is 0 Å². The quantitative estimate of drug-likeness (QED) is 0.271. The molecule has 2 aliphatic rings. The Morgan fingerprint density at radius 3 is 2.50 bits per heavy atom. The number of aliphatic hydroxyl groups excluding tert-OH is 1. The smallest absolute Gasteiger partial charge is 0.405 e. The number of hydrogen-bond donors (Lipinski definition) is 4. The van der Waals surface area contributed by atoms with Gasteiger partial charge >= 0.3 is 6.09 Å². The third-order valence-electron chi connectivity index (χ3n) is 7.22. The Labute approximate surface area is 247 Å². The third-order valence-corrected chi connectivity index (χ3v) is 7.22. The average Bonchev–Trinajstić information content (AvgIpc) is 2.94. The first-order valence-corrected chi connectivity index (χ1v) is 13.8. The fourth-order valence-corrected chi connectivity index (χ4v) is 4.95. The monoisotopic (exact) mass is 585 g/mol. The standard InChI is InChI=1S/C31H43N3O8/c1-8-12-33-26-21-13-17(2)14-25(41-7)27(36)19(4)15-20(5)29(42-31(32)39)24(40-6)11-9-10-18(3)30(38)34-22(28(21)37)16-23(26)35/h8-11,15-17,19,24-25,27,29,33,36H,1,12-14H2,2-7H3,(H2,32,39)(H,34,38)/b11-9-,18-10+,20-15+/t17-,19-,24+,25-,27+,29-/m1/s1. The van der Waals surface area contributed by atoms with Gasteiger partial charge in [0.2, 0.25) is 11.6 Å². The molecule has 1 heterocycles. The lowest BCUT2D eigenvalue weighted by Gasteiger charge is -2.30. The van der Waals surface area contributed by atoms with Gasteiger partial charge in [-0.2, -0.15) is 0 Å². The molecule has 0 aromatic carbocycles. The summed E-state index contributed by atoms with van der Waals surface area (Å²) < 4.78 is 16.6.